The number of anilines is 2. The lowest BCUT2D eigenvalue weighted by molar-refractivity contribution is 0.0600. The van der Waals surface area contributed by atoms with Crippen LogP contribution in [0.1, 0.15) is 17.3 Å². The zero-order chi connectivity index (χ0) is 18.7. The molecule has 0 unspecified atom stereocenters. The van der Waals surface area contributed by atoms with Gasteiger partial charge >= 0.3 is 17.8 Å². The van der Waals surface area contributed by atoms with Crippen LogP contribution in [0.3, 0.4) is 0 Å². The molecule has 2 amide bonds. The van der Waals surface area contributed by atoms with E-state index in [0.29, 0.717) is 34.6 Å². The van der Waals surface area contributed by atoms with E-state index in [0.717, 1.165) is 0 Å². The Morgan fingerprint density at radius 2 is 1.73 bits per heavy atom. The number of aromatic nitrogens is 1. The smallest absolute Gasteiger partial charge is 0.419 e. The van der Waals surface area contributed by atoms with E-state index in [2.05, 4.69) is 15.4 Å². The molecule has 0 radical (unpaired) electrons. The maximum atomic E-state index is 12.1. The van der Waals surface area contributed by atoms with Gasteiger partial charge in [-0.2, -0.15) is 0 Å². The van der Waals surface area contributed by atoms with Gasteiger partial charge in [-0.15, -0.1) is 0 Å². The predicted molar refractivity (Wildman–Crippen MR) is 96.6 cm³/mol. The summed E-state index contributed by atoms with van der Waals surface area (Å²) in [5.41, 5.74) is 2.45. The Labute approximate surface area is 148 Å². The van der Waals surface area contributed by atoms with E-state index >= 15 is 0 Å². The first-order chi connectivity index (χ1) is 12.5. The number of fused-ring (bicyclic) bond motifs is 1. The molecule has 0 fully saturated rings. The van der Waals surface area contributed by atoms with Crippen LogP contribution >= 0.6 is 0 Å². The molecule has 0 aliphatic heterocycles. The van der Waals surface area contributed by atoms with Crippen molar-refractivity contribution in [2.75, 3.05) is 17.7 Å². The highest BCUT2D eigenvalue weighted by Gasteiger charge is 2.10. The van der Waals surface area contributed by atoms with Crippen LogP contribution in [0.4, 0.5) is 16.2 Å². The Bertz CT molecular complexity index is 1020. The van der Waals surface area contributed by atoms with Gasteiger partial charge < -0.3 is 19.8 Å². The topological polar surface area (TPSA) is 103 Å². The summed E-state index contributed by atoms with van der Waals surface area (Å²) in [5.74, 6) is -0.885. The maximum absolute atomic E-state index is 12.1. The summed E-state index contributed by atoms with van der Waals surface area (Å²) < 4.78 is 11.3. The Kier molecular flexibility index (Phi) is 4.74. The molecule has 0 bridgehead atoms. The van der Waals surface area contributed by atoms with Crippen molar-refractivity contribution >= 4 is 34.5 Å². The maximum Gasteiger partial charge on any atom is 0.419 e. The molecule has 1 heterocycles. The molecule has 3 aromatic rings. The lowest BCUT2D eigenvalue weighted by Crippen LogP contribution is -2.19. The van der Waals surface area contributed by atoms with Crippen LogP contribution in [0.5, 0.6) is 0 Å². The molecule has 2 N–H and O–H groups in total. The third kappa shape index (κ3) is 3.44. The van der Waals surface area contributed by atoms with Crippen LogP contribution in [0, 0.1) is 0 Å². The largest absolute Gasteiger partial charge is 0.465 e. The van der Waals surface area contributed by atoms with E-state index in [1.165, 1.54) is 11.7 Å². The second kappa shape index (κ2) is 7.14. The van der Waals surface area contributed by atoms with Gasteiger partial charge in [0.05, 0.1) is 18.2 Å². The van der Waals surface area contributed by atoms with E-state index in [4.69, 9.17) is 4.42 Å². The molecule has 1 aromatic heterocycles. The molecule has 0 aliphatic rings. The number of aryl methyl sites for hydroxylation is 1. The summed E-state index contributed by atoms with van der Waals surface area (Å²) in [6.45, 7) is 2.35. The van der Waals surface area contributed by atoms with Gasteiger partial charge in [-0.3, -0.25) is 4.57 Å². The lowest BCUT2D eigenvalue weighted by atomic mass is 10.2. The Morgan fingerprint density at radius 3 is 2.38 bits per heavy atom. The highest BCUT2D eigenvalue weighted by molar-refractivity contribution is 6.01. The summed E-state index contributed by atoms with van der Waals surface area (Å²) in [6.07, 6.45) is 0. The Balaban J connectivity index is 1.71. The number of esters is 1. The number of carbonyl (C=O) groups is 2. The van der Waals surface area contributed by atoms with Gasteiger partial charge in [0, 0.05) is 24.0 Å². The highest BCUT2D eigenvalue weighted by atomic mass is 16.5. The fourth-order valence-electron chi connectivity index (χ4n) is 2.54. The highest BCUT2D eigenvalue weighted by Crippen LogP contribution is 2.19. The van der Waals surface area contributed by atoms with Gasteiger partial charge in [0.15, 0.2) is 5.58 Å². The number of urea groups is 1. The normalized spacial score (nSPS) is 10.5. The standard InChI is InChI=1S/C18H17N3O5/c1-3-21-14-9-8-13(10-15(14)26-18(21)24)20-17(23)19-12-6-4-11(5-7-12)16(22)25-2/h4-10H,3H2,1-2H3,(H2,19,20,23). The van der Waals surface area contributed by atoms with E-state index in [9.17, 15) is 14.4 Å². The second-order valence-electron chi connectivity index (χ2n) is 5.44. The van der Waals surface area contributed by atoms with Crippen molar-refractivity contribution in [1.82, 2.24) is 4.57 Å². The van der Waals surface area contributed by atoms with Crippen LogP contribution < -0.4 is 16.4 Å². The summed E-state index contributed by atoms with van der Waals surface area (Å²) in [5, 5.41) is 5.32. The third-order valence-corrected chi connectivity index (χ3v) is 3.81. The molecule has 2 aromatic carbocycles. The number of amides is 2. The Hall–Kier alpha value is -3.55. The van der Waals surface area contributed by atoms with Crippen molar-refractivity contribution in [1.29, 1.82) is 0 Å². The molecule has 134 valence electrons. The van der Waals surface area contributed by atoms with Gasteiger partial charge in [-0.05, 0) is 43.3 Å². The van der Waals surface area contributed by atoms with E-state index in [1.807, 2.05) is 6.92 Å². The molecule has 8 heteroatoms. The van der Waals surface area contributed by atoms with Crippen LogP contribution in [0.2, 0.25) is 0 Å². The van der Waals surface area contributed by atoms with Gasteiger partial charge in [-0.25, -0.2) is 14.4 Å². The molecule has 0 atom stereocenters. The van der Waals surface area contributed by atoms with E-state index in [-0.39, 0.29) is 0 Å². The number of nitrogens with one attached hydrogen (secondary N) is 2. The fraction of sp³-hybridized carbons (Fsp3) is 0.167. The number of benzene rings is 2. The van der Waals surface area contributed by atoms with Crippen LogP contribution in [-0.4, -0.2) is 23.7 Å². The van der Waals surface area contributed by atoms with Crippen LogP contribution in [-0.2, 0) is 11.3 Å². The first-order valence-corrected chi connectivity index (χ1v) is 7.91. The minimum absolute atomic E-state index is 0.388. The van der Waals surface area contributed by atoms with E-state index < -0.39 is 17.8 Å². The fourth-order valence-corrected chi connectivity index (χ4v) is 2.54. The number of nitrogens with zero attached hydrogens (tertiary/aromatic N) is 1. The number of methoxy groups -OCH3 is 1. The zero-order valence-electron chi connectivity index (χ0n) is 14.2. The summed E-state index contributed by atoms with van der Waals surface area (Å²) in [7, 11) is 1.30. The average molecular weight is 355 g/mol. The number of rotatable bonds is 4. The quantitative estimate of drug-likeness (QED) is 0.700. The molecular weight excluding hydrogens is 338 g/mol. The monoisotopic (exact) mass is 355 g/mol. The number of carbonyl (C=O) groups excluding carboxylic acids is 2. The minimum atomic E-state index is -0.465. The van der Waals surface area contributed by atoms with Crippen LogP contribution in [0.15, 0.2) is 51.7 Å². The zero-order valence-corrected chi connectivity index (χ0v) is 14.2. The first-order valence-electron chi connectivity index (χ1n) is 7.91. The first kappa shape index (κ1) is 17.3. The summed E-state index contributed by atoms with van der Waals surface area (Å²) in [6, 6.07) is 10.8. The number of oxazole rings is 1. The molecule has 0 saturated heterocycles. The molecule has 0 spiro atoms. The molecule has 0 aliphatic carbocycles. The lowest BCUT2D eigenvalue weighted by Gasteiger charge is -2.08. The molecule has 8 nitrogen and oxygen atoms in total. The SMILES string of the molecule is CCn1c(=O)oc2cc(NC(=O)Nc3ccc(C(=O)OC)cc3)ccc21. The molecule has 26 heavy (non-hydrogen) atoms. The summed E-state index contributed by atoms with van der Waals surface area (Å²) in [4.78, 5) is 35.2. The van der Waals surface area contributed by atoms with Gasteiger partial charge in [-0.1, -0.05) is 0 Å². The summed E-state index contributed by atoms with van der Waals surface area (Å²) >= 11 is 0. The number of ether oxygens (including phenoxy) is 1. The molecule has 3 rings (SSSR count). The predicted octanol–water partition coefficient (Wildman–Crippen LogP) is 3.05. The van der Waals surface area contributed by atoms with Crippen LogP contribution in [0.25, 0.3) is 11.1 Å². The molecular formula is C18H17N3O5. The van der Waals surface area contributed by atoms with Crippen molar-refractivity contribution in [2.24, 2.45) is 0 Å². The second-order valence-corrected chi connectivity index (χ2v) is 5.44. The number of hydrogen-bond donors (Lipinski definition) is 2. The van der Waals surface area contributed by atoms with Crippen molar-refractivity contribution < 1.29 is 18.7 Å². The number of hydrogen-bond acceptors (Lipinski definition) is 5. The average Bonchev–Trinajstić information content (AvgIpc) is 2.95. The van der Waals surface area contributed by atoms with Crippen molar-refractivity contribution in [2.45, 2.75) is 13.5 Å². The van der Waals surface area contributed by atoms with Gasteiger partial charge in [0.25, 0.3) is 0 Å². The van der Waals surface area contributed by atoms with E-state index in [1.54, 1.807) is 42.5 Å². The van der Waals surface area contributed by atoms with Crippen molar-refractivity contribution in [3.8, 4) is 0 Å². The van der Waals surface area contributed by atoms with Gasteiger partial charge in [0.1, 0.15) is 0 Å². The van der Waals surface area contributed by atoms with Gasteiger partial charge in [0.2, 0.25) is 0 Å². The van der Waals surface area contributed by atoms with Crippen molar-refractivity contribution in [3.63, 3.8) is 0 Å². The Morgan fingerprint density at radius 1 is 1.08 bits per heavy atom. The third-order valence-electron chi connectivity index (χ3n) is 3.81. The van der Waals surface area contributed by atoms with Crippen molar-refractivity contribution in [3.05, 3.63) is 58.6 Å². The minimum Gasteiger partial charge on any atom is -0.465 e. The molecule has 0 saturated carbocycles.